The monoisotopic (exact) mass is 357 g/mol. The Morgan fingerprint density at radius 3 is 2.67 bits per heavy atom. The van der Waals surface area contributed by atoms with Crippen molar-refractivity contribution in [2.75, 3.05) is 26.4 Å². The molecule has 1 aliphatic heterocycles. The van der Waals surface area contributed by atoms with Gasteiger partial charge in [0.2, 0.25) is 10.0 Å². The van der Waals surface area contributed by atoms with Crippen LogP contribution in [0.2, 0.25) is 0 Å². The first-order valence-corrected chi connectivity index (χ1v) is 9.84. The Morgan fingerprint density at radius 2 is 2.04 bits per heavy atom. The van der Waals surface area contributed by atoms with Crippen LogP contribution in [-0.4, -0.2) is 39.9 Å². The second-order valence-corrected chi connectivity index (χ2v) is 8.28. The highest BCUT2D eigenvalue weighted by molar-refractivity contribution is 7.89. The van der Waals surface area contributed by atoms with Crippen molar-refractivity contribution in [1.82, 2.24) is 4.72 Å². The minimum absolute atomic E-state index is 0.101. The number of aliphatic hydroxyl groups excluding tert-OH is 1. The van der Waals surface area contributed by atoms with E-state index in [9.17, 15) is 13.5 Å². The third-order valence-corrected chi connectivity index (χ3v) is 5.52. The quantitative estimate of drug-likeness (QED) is 0.742. The summed E-state index contributed by atoms with van der Waals surface area (Å²) >= 11 is 0. The van der Waals surface area contributed by atoms with E-state index in [0.717, 1.165) is 26.1 Å². The van der Waals surface area contributed by atoms with E-state index in [1.165, 1.54) is 6.07 Å². The van der Waals surface area contributed by atoms with E-state index in [0.29, 0.717) is 30.4 Å². The van der Waals surface area contributed by atoms with Crippen molar-refractivity contribution in [3.8, 4) is 5.75 Å². The largest absolute Gasteiger partial charge is 0.493 e. The van der Waals surface area contributed by atoms with Crippen LogP contribution in [0.4, 0.5) is 0 Å². The standard InChI is InChI=1S/C17H27NO5S/c1-13(2)10-18-24(20,21)17-4-3-16(9-15(17)11-19)23-12-14-5-7-22-8-6-14/h3-4,9,13-14,18-19H,5-8,10-12H2,1-2H3. The van der Waals surface area contributed by atoms with E-state index in [4.69, 9.17) is 9.47 Å². The summed E-state index contributed by atoms with van der Waals surface area (Å²) in [6, 6.07) is 4.74. The van der Waals surface area contributed by atoms with Gasteiger partial charge in [-0.3, -0.25) is 0 Å². The predicted molar refractivity (Wildman–Crippen MR) is 91.4 cm³/mol. The van der Waals surface area contributed by atoms with Crippen molar-refractivity contribution in [2.45, 2.75) is 38.2 Å². The molecule has 0 spiro atoms. The topological polar surface area (TPSA) is 84.9 Å². The van der Waals surface area contributed by atoms with Crippen LogP contribution < -0.4 is 9.46 Å². The molecule has 1 fully saturated rings. The first-order valence-electron chi connectivity index (χ1n) is 8.36. The molecule has 0 radical (unpaired) electrons. The van der Waals surface area contributed by atoms with Gasteiger partial charge in [-0.15, -0.1) is 0 Å². The highest BCUT2D eigenvalue weighted by atomic mass is 32.2. The predicted octanol–water partition coefficient (Wildman–Crippen LogP) is 1.92. The Hall–Kier alpha value is -1.15. The van der Waals surface area contributed by atoms with Crippen LogP contribution in [0.1, 0.15) is 32.3 Å². The Balaban J connectivity index is 2.06. The fraction of sp³-hybridized carbons (Fsp3) is 0.647. The molecule has 0 bridgehead atoms. The average Bonchev–Trinajstić information content (AvgIpc) is 2.59. The van der Waals surface area contributed by atoms with E-state index in [2.05, 4.69) is 4.72 Å². The van der Waals surface area contributed by atoms with E-state index in [1.54, 1.807) is 12.1 Å². The molecule has 0 atom stereocenters. The van der Waals surface area contributed by atoms with Crippen LogP contribution in [-0.2, 0) is 21.4 Å². The second kappa shape index (κ2) is 8.80. The number of nitrogens with one attached hydrogen (secondary N) is 1. The normalized spacial score (nSPS) is 16.5. The number of aliphatic hydroxyl groups is 1. The number of rotatable bonds is 8. The zero-order valence-corrected chi connectivity index (χ0v) is 15.1. The van der Waals surface area contributed by atoms with Gasteiger partial charge < -0.3 is 14.6 Å². The van der Waals surface area contributed by atoms with Gasteiger partial charge in [0.1, 0.15) is 5.75 Å². The lowest BCUT2D eigenvalue weighted by Gasteiger charge is -2.22. The summed E-state index contributed by atoms with van der Waals surface area (Å²) in [5.41, 5.74) is 0.343. The van der Waals surface area contributed by atoms with Gasteiger partial charge >= 0.3 is 0 Å². The summed E-state index contributed by atoms with van der Waals surface area (Å²) in [5.74, 6) is 1.24. The molecule has 0 amide bonds. The smallest absolute Gasteiger partial charge is 0.240 e. The average molecular weight is 357 g/mol. The third-order valence-electron chi connectivity index (χ3n) is 4.00. The lowest BCUT2D eigenvalue weighted by Crippen LogP contribution is -2.28. The minimum atomic E-state index is -3.63. The molecule has 1 aromatic carbocycles. The van der Waals surface area contributed by atoms with Crippen LogP contribution in [0.25, 0.3) is 0 Å². The number of hydrogen-bond acceptors (Lipinski definition) is 5. The van der Waals surface area contributed by atoms with E-state index >= 15 is 0 Å². The Kier molecular flexibility index (Phi) is 7.03. The summed E-state index contributed by atoms with van der Waals surface area (Å²) in [6.45, 7) is 5.96. The van der Waals surface area contributed by atoms with Gasteiger partial charge in [0.15, 0.2) is 0 Å². The molecule has 7 heteroatoms. The van der Waals surface area contributed by atoms with Gasteiger partial charge in [0, 0.05) is 25.3 Å². The van der Waals surface area contributed by atoms with Crippen LogP contribution in [0.3, 0.4) is 0 Å². The number of hydrogen-bond donors (Lipinski definition) is 2. The third kappa shape index (κ3) is 5.44. The van der Waals surface area contributed by atoms with Crippen molar-refractivity contribution in [3.05, 3.63) is 23.8 Å². The highest BCUT2D eigenvalue weighted by Crippen LogP contribution is 2.24. The lowest BCUT2D eigenvalue weighted by molar-refractivity contribution is 0.0497. The van der Waals surface area contributed by atoms with Crippen molar-refractivity contribution >= 4 is 10.0 Å². The van der Waals surface area contributed by atoms with E-state index in [-0.39, 0.29) is 17.4 Å². The first kappa shape index (κ1) is 19.2. The van der Waals surface area contributed by atoms with Gasteiger partial charge in [-0.2, -0.15) is 0 Å². The number of ether oxygens (including phenoxy) is 2. The van der Waals surface area contributed by atoms with Crippen LogP contribution >= 0.6 is 0 Å². The fourth-order valence-electron chi connectivity index (χ4n) is 2.51. The summed E-state index contributed by atoms with van der Waals surface area (Å²) in [6.07, 6.45) is 1.94. The number of sulfonamides is 1. The SMILES string of the molecule is CC(C)CNS(=O)(=O)c1ccc(OCC2CCOCC2)cc1CO. The van der Waals surface area contributed by atoms with Crippen molar-refractivity contribution in [1.29, 1.82) is 0 Å². The van der Waals surface area contributed by atoms with E-state index in [1.807, 2.05) is 13.8 Å². The maximum atomic E-state index is 12.4. The summed E-state index contributed by atoms with van der Waals surface area (Å²) in [5, 5.41) is 9.54. The zero-order chi connectivity index (χ0) is 17.6. The summed E-state index contributed by atoms with van der Waals surface area (Å²) < 4.78 is 38.4. The molecule has 0 aromatic heterocycles. The molecule has 0 aliphatic carbocycles. The van der Waals surface area contributed by atoms with Gasteiger partial charge in [0.25, 0.3) is 0 Å². The second-order valence-electron chi connectivity index (χ2n) is 6.54. The van der Waals surface area contributed by atoms with Gasteiger partial charge in [-0.1, -0.05) is 13.8 Å². The van der Waals surface area contributed by atoms with Gasteiger partial charge in [-0.25, -0.2) is 13.1 Å². The van der Waals surface area contributed by atoms with Gasteiger partial charge in [0.05, 0.1) is 18.1 Å². The Labute approximate surface area is 144 Å². The molecular weight excluding hydrogens is 330 g/mol. The van der Waals surface area contributed by atoms with Crippen LogP contribution in [0.15, 0.2) is 23.1 Å². The summed E-state index contributed by atoms with van der Waals surface area (Å²) in [4.78, 5) is 0.101. The van der Waals surface area contributed by atoms with Crippen molar-refractivity contribution < 1.29 is 23.0 Å². The molecule has 2 N–H and O–H groups in total. The molecule has 136 valence electrons. The summed E-state index contributed by atoms with van der Waals surface area (Å²) in [7, 11) is -3.63. The molecule has 1 aromatic rings. The lowest BCUT2D eigenvalue weighted by atomic mass is 10.0. The fourth-order valence-corrected chi connectivity index (χ4v) is 3.94. The Morgan fingerprint density at radius 1 is 1.33 bits per heavy atom. The molecule has 1 heterocycles. The van der Waals surface area contributed by atoms with Crippen LogP contribution in [0.5, 0.6) is 5.75 Å². The van der Waals surface area contributed by atoms with Crippen molar-refractivity contribution in [2.24, 2.45) is 11.8 Å². The minimum Gasteiger partial charge on any atom is -0.493 e. The number of benzene rings is 1. The molecule has 24 heavy (non-hydrogen) atoms. The molecule has 0 saturated carbocycles. The molecule has 0 unspecified atom stereocenters. The Bertz CT molecular complexity index is 624. The maximum Gasteiger partial charge on any atom is 0.240 e. The molecule has 2 rings (SSSR count). The van der Waals surface area contributed by atoms with E-state index < -0.39 is 10.0 Å². The molecule has 1 saturated heterocycles. The molecule has 1 aliphatic rings. The van der Waals surface area contributed by atoms with Crippen LogP contribution in [0, 0.1) is 11.8 Å². The first-order chi connectivity index (χ1) is 11.4. The van der Waals surface area contributed by atoms with Gasteiger partial charge in [-0.05, 0) is 42.9 Å². The maximum absolute atomic E-state index is 12.4. The molecular formula is C17H27NO5S. The highest BCUT2D eigenvalue weighted by Gasteiger charge is 2.20. The zero-order valence-electron chi connectivity index (χ0n) is 14.3. The molecule has 6 nitrogen and oxygen atoms in total. The van der Waals surface area contributed by atoms with Crippen molar-refractivity contribution in [3.63, 3.8) is 0 Å².